The van der Waals surface area contributed by atoms with Crippen molar-refractivity contribution in [2.45, 2.75) is 30.1 Å². The van der Waals surface area contributed by atoms with Crippen LogP contribution >= 0.6 is 0 Å². The van der Waals surface area contributed by atoms with Crippen molar-refractivity contribution in [1.29, 1.82) is 0 Å². The highest BCUT2D eigenvalue weighted by atomic mass is 32.2. The van der Waals surface area contributed by atoms with E-state index in [0.29, 0.717) is 41.9 Å². The molecular weight excluding hydrogens is 402 g/mol. The molecule has 156 valence electrons. The van der Waals surface area contributed by atoms with E-state index in [2.05, 4.69) is 4.72 Å². The van der Waals surface area contributed by atoms with E-state index >= 15 is 0 Å². The number of ether oxygens (including phenoxy) is 2. The first-order valence-corrected chi connectivity index (χ1v) is 11.3. The Kier molecular flexibility index (Phi) is 5.15. The van der Waals surface area contributed by atoms with Crippen molar-refractivity contribution in [2.24, 2.45) is 0 Å². The monoisotopic (exact) mass is 425 g/mol. The lowest BCUT2D eigenvalue weighted by atomic mass is 9.73. The van der Waals surface area contributed by atoms with Crippen LogP contribution in [0, 0.1) is 0 Å². The summed E-state index contributed by atoms with van der Waals surface area (Å²) in [6.45, 7) is 2.18. The van der Waals surface area contributed by atoms with Crippen LogP contribution in [0.1, 0.15) is 25.3 Å². The van der Waals surface area contributed by atoms with Gasteiger partial charge in [0.25, 0.3) is 10.0 Å². The Morgan fingerprint density at radius 1 is 1.10 bits per heavy atom. The second-order valence-electron chi connectivity index (χ2n) is 7.28. The molecule has 7 heteroatoms. The molecule has 0 radical (unpaired) electrons. The zero-order valence-electron chi connectivity index (χ0n) is 16.8. The first-order chi connectivity index (χ1) is 14.4. The zero-order chi connectivity index (χ0) is 21.4. The SMILES string of the molecule is CCC1(C(=O)NS(=O)(=O)c2cccc3ccccc23)CCOc2cccc(OC)c21. The smallest absolute Gasteiger partial charge is 0.264 e. The molecule has 30 heavy (non-hydrogen) atoms. The molecule has 0 aliphatic carbocycles. The third-order valence-corrected chi connectivity index (χ3v) is 7.17. The van der Waals surface area contributed by atoms with E-state index in [1.807, 2.05) is 25.1 Å². The molecular formula is C23H23NO5S. The quantitative estimate of drug-likeness (QED) is 0.673. The lowest BCUT2D eigenvalue weighted by molar-refractivity contribution is -0.126. The molecule has 0 fully saturated rings. The van der Waals surface area contributed by atoms with Crippen molar-refractivity contribution >= 4 is 26.7 Å². The van der Waals surface area contributed by atoms with Gasteiger partial charge < -0.3 is 9.47 Å². The molecule has 1 aliphatic rings. The minimum atomic E-state index is -4.09. The molecule has 1 N–H and O–H groups in total. The Balaban J connectivity index is 1.78. The first-order valence-electron chi connectivity index (χ1n) is 9.78. The predicted molar refractivity (Wildman–Crippen MR) is 114 cm³/mol. The maximum absolute atomic E-state index is 13.5. The number of hydrogen-bond donors (Lipinski definition) is 1. The topological polar surface area (TPSA) is 81.7 Å². The van der Waals surface area contributed by atoms with Gasteiger partial charge in [0.15, 0.2) is 0 Å². The van der Waals surface area contributed by atoms with Crippen molar-refractivity contribution in [1.82, 2.24) is 4.72 Å². The van der Waals surface area contributed by atoms with Gasteiger partial charge in [-0.05, 0) is 30.0 Å². The number of nitrogens with one attached hydrogen (secondary N) is 1. The minimum Gasteiger partial charge on any atom is -0.496 e. The molecule has 3 aromatic rings. The van der Waals surface area contributed by atoms with Gasteiger partial charge in [0.1, 0.15) is 11.5 Å². The Labute approximate surface area is 175 Å². The number of hydrogen-bond acceptors (Lipinski definition) is 5. The average Bonchev–Trinajstić information content (AvgIpc) is 2.77. The molecule has 0 saturated carbocycles. The highest BCUT2D eigenvalue weighted by Gasteiger charge is 2.46. The Bertz CT molecular complexity index is 1200. The van der Waals surface area contributed by atoms with Gasteiger partial charge in [-0.3, -0.25) is 4.79 Å². The molecule has 1 aliphatic heterocycles. The van der Waals surface area contributed by atoms with E-state index in [0.717, 1.165) is 5.39 Å². The van der Waals surface area contributed by atoms with Crippen LogP contribution in [-0.4, -0.2) is 28.0 Å². The van der Waals surface area contributed by atoms with E-state index in [9.17, 15) is 13.2 Å². The van der Waals surface area contributed by atoms with Gasteiger partial charge in [-0.2, -0.15) is 0 Å². The number of methoxy groups -OCH3 is 1. The summed E-state index contributed by atoms with van der Waals surface area (Å²) in [5.74, 6) is 0.471. The summed E-state index contributed by atoms with van der Waals surface area (Å²) in [4.78, 5) is 13.6. The van der Waals surface area contributed by atoms with Gasteiger partial charge in [0.2, 0.25) is 5.91 Å². The van der Waals surface area contributed by atoms with E-state index in [1.165, 1.54) is 13.2 Å². The number of benzene rings is 3. The summed E-state index contributed by atoms with van der Waals surface area (Å²) in [5.41, 5.74) is -0.482. The van der Waals surface area contributed by atoms with Gasteiger partial charge in [0.05, 0.1) is 29.6 Å². The first kappa shape index (κ1) is 20.2. The summed E-state index contributed by atoms with van der Waals surface area (Å²) in [6.07, 6.45) is 0.758. The van der Waals surface area contributed by atoms with Crippen LogP contribution in [-0.2, 0) is 20.2 Å². The van der Waals surface area contributed by atoms with Gasteiger partial charge in [-0.1, -0.05) is 49.4 Å². The molecule has 3 aromatic carbocycles. The normalized spacial score (nSPS) is 18.3. The fourth-order valence-corrected chi connectivity index (χ4v) is 5.46. The summed E-state index contributed by atoms with van der Waals surface area (Å²) < 4.78 is 40.0. The highest BCUT2D eigenvalue weighted by Crippen LogP contribution is 2.46. The number of carbonyl (C=O) groups is 1. The van der Waals surface area contributed by atoms with Crippen molar-refractivity contribution < 1.29 is 22.7 Å². The number of amides is 1. The highest BCUT2D eigenvalue weighted by molar-refractivity contribution is 7.90. The van der Waals surface area contributed by atoms with Crippen LogP contribution in [0.2, 0.25) is 0 Å². The maximum atomic E-state index is 13.5. The second kappa shape index (κ2) is 7.65. The average molecular weight is 426 g/mol. The van der Waals surface area contributed by atoms with Crippen molar-refractivity contribution in [3.63, 3.8) is 0 Å². The minimum absolute atomic E-state index is 0.0764. The van der Waals surface area contributed by atoms with Crippen LogP contribution in [0.5, 0.6) is 11.5 Å². The number of rotatable bonds is 5. The molecule has 0 bridgehead atoms. The fourth-order valence-electron chi connectivity index (χ4n) is 4.18. The van der Waals surface area contributed by atoms with Gasteiger partial charge in [-0.15, -0.1) is 0 Å². The van der Waals surface area contributed by atoms with Crippen molar-refractivity contribution in [3.05, 3.63) is 66.2 Å². The number of sulfonamides is 1. The number of carbonyl (C=O) groups excluding carboxylic acids is 1. The summed E-state index contributed by atoms with van der Waals surface area (Å²) in [5, 5.41) is 1.35. The second-order valence-corrected chi connectivity index (χ2v) is 8.93. The lowest BCUT2D eigenvalue weighted by Gasteiger charge is -2.37. The molecule has 1 amide bonds. The number of fused-ring (bicyclic) bond motifs is 2. The molecule has 1 atom stereocenters. The molecule has 1 unspecified atom stereocenters. The fraction of sp³-hybridized carbons (Fsp3) is 0.261. The Hall–Kier alpha value is -3.06. The molecule has 0 spiro atoms. The third-order valence-electron chi connectivity index (χ3n) is 5.78. The van der Waals surface area contributed by atoms with Crippen LogP contribution < -0.4 is 14.2 Å². The zero-order valence-corrected chi connectivity index (χ0v) is 17.7. The van der Waals surface area contributed by atoms with Crippen LogP contribution in [0.3, 0.4) is 0 Å². The van der Waals surface area contributed by atoms with Crippen molar-refractivity contribution in [2.75, 3.05) is 13.7 Å². The summed E-state index contributed by atoms with van der Waals surface area (Å²) in [7, 11) is -2.56. The standard InChI is InChI=1S/C23H23NO5S/c1-3-23(14-15-29-19-12-7-11-18(28-2)21(19)23)22(25)24-30(26,27)20-13-6-9-16-8-4-5-10-17(16)20/h4-13H,3,14-15H2,1-2H3,(H,24,25). The molecule has 6 nitrogen and oxygen atoms in total. The Morgan fingerprint density at radius 2 is 1.83 bits per heavy atom. The van der Waals surface area contributed by atoms with E-state index in [4.69, 9.17) is 9.47 Å². The van der Waals surface area contributed by atoms with Crippen LogP contribution in [0.4, 0.5) is 0 Å². The van der Waals surface area contributed by atoms with Gasteiger partial charge in [-0.25, -0.2) is 13.1 Å². The van der Waals surface area contributed by atoms with E-state index in [1.54, 1.807) is 36.4 Å². The predicted octanol–water partition coefficient (Wildman–Crippen LogP) is 3.78. The van der Waals surface area contributed by atoms with Gasteiger partial charge >= 0.3 is 0 Å². The largest absolute Gasteiger partial charge is 0.496 e. The summed E-state index contributed by atoms with van der Waals surface area (Å²) in [6, 6.07) is 17.5. The molecule has 0 saturated heterocycles. The third kappa shape index (κ3) is 3.19. The molecule has 0 aromatic heterocycles. The van der Waals surface area contributed by atoms with Crippen LogP contribution in [0.25, 0.3) is 10.8 Å². The maximum Gasteiger partial charge on any atom is 0.264 e. The molecule has 4 rings (SSSR count). The van der Waals surface area contributed by atoms with Crippen LogP contribution in [0.15, 0.2) is 65.6 Å². The van der Waals surface area contributed by atoms with Gasteiger partial charge in [0, 0.05) is 11.8 Å². The Morgan fingerprint density at radius 3 is 2.60 bits per heavy atom. The lowest BCUT2D eigenvalue weighted by Crippen LogP contribution is -2.49. The molecule has 1 heterocycles. The van der Waals surface area contributed by atoms with E-state index in [-0.39, 0.29) is 4.90 Å². The van der Waals surface area contributed by atoms with Crippen molar-refractivity contribution in [3.8, 4) is 11.5 Å². The van der Waals surface area contributed by atoms with E-state index < -0.39 is 21.3 Å². The summed E-state index contributed by atoms with van der Waals surface area (Å²) >= 11 is 0.